The van der Waals surface area contributed by atoms with Gasteiger partial charge in [-0.25, -0.2) is 0 Å². The SMILES string of the molecule is Cc1ccccc1CC1CCC(c2ccc(Oc3ccc(N)cc3)cc2)(c2ccc(Oc3ccc(N)cc3)cc2)CC1. The van der Waals surface area contributed by atoms with Gasteiger partial charge in [-0.1, -0.05) is 48.5 Å². The second-order valence-corrected chi connectivity index (χ2v) is 11.5. The highest BCUT2D eigenvalue weighted by Gasteiger charge is 2.38. The molecule has 42 heavy (non-hydrogen) atoms. The van der Waals surface area contributed by atoms with E-state index in [0.717, 1.165) is 53.6 Å². The van der Waals surface area contributed by atoms with Crippen LogP contribution in [0.15, 0.2) is 121 Å². The second-order valence-electron chi connectivity index (χ2n) is 11.5. The van der Waals surface area contributed by atoms with E-state index in [1.165, 1.54) is 35.1 Å². The second kappa shape index (κ2) is 12.0. The molecule has 0 aliphatic heterocycles. The molecule has 4 N–H and O–H groups in total. The van der Waals surface area contributed by atoms with Crippen LogP contribution in [-0.4, -0.2) is 0 Å². The van der Waals surface area contributed by atoms with Crippen molar-refractivity contribution in [1.82, 2.24) is 0 Å². The van der Waals surface area contributed by atoms with Gasteiger partial charge in [-0.05, 0) is 140 Å². The van der Waals surface area contributed by atoms with Crippen molar-refractivity contribution in [2.75, 3.05) is 11.5 Å². The maximum atomic E-state index is 6.11. The van der Waals surface area contributed by atoms with Crippen LogP contribution in [0, 0.1) is 12.8 Å². The van der Waals surface area contributed by atoms with Gasteiger partial charge in [-0.15, -0.1) is 0 Å². The zero-order valence-corrected chi connectivity index (χ0v) is 24.1. The lowest BCUT2D eigenvalue weighted by Crippen LogP contribution is -2.33. The largest absolute Gasteiger partial charge is 0.457 e. The molecular weight excluding hydrogens is 516 g/mol. The lowest BCUT2D eigenvalue weighted by Gasteiger charge is -2.41. The topological polar surface area (TPSA) is 70.5 Å². The van der Waals surface area contributed by atoms with Crippen molar-refractivity contribution < 1.29 is 9.47 Å². The Morgan fingerprint density at radius 3 is 1.40 bits per heavy atom. The molecule has 0 heterocycles. The molecule has 0 spiro atoms. The molecule has 5 aromatic carbocycles. The summed E-state index contributed by atoms with van der Waals surface area (Å²) in [6.45, 7) is 2.23. The number of nitrogen functional groups attached to an aromatic ring is 2. The molecule has 1 aliphatic rings. The van der Waals surface area contributed by atoms with E-state index in [9.17, 15) is 0 Å². The van der Waals surface area contributed by atoms with E-state index < -0.39 is 0 Å². The van der Waals surface area contributed by atoms with E-state index in [2.05, 4.69) is 79.7 Å². The van der Waals surface area contributed by atoms with Crippen molar-refractivity contribution in [1.29, 1.82) is 0 Å². The Morgan fingerprint density at radius 2 is 0.976 bits per heavy atom. The molecule has 0 saturated heterocycles. The zero-order chi connectivity index (χ0) is 28.9. The molecule has 0 amide bonds. The van der Waals surface area contributed by atoms with Crippen LogP contribution in [0.3, 0.4) is 0 Å². The summed E-state index contributed by atoms with van der Waals surface area (Å²) in [7, 11) is 0. The summed E-state index contributed by atoms with van der Waals surface area (Å²) >= 11 is 0. The van der Waals surface area contributed by atoms with Gasteiger partial charge < -0.3 is 20.9 Å². The van der Waals surface area contributed by atoms with E-state index in [-0.39, 0.29) is 5.41 Å². The summed E-state index contributed by atoms with van der Waals surface area (Å²) in [4.78, 5) is 0. The van der Waals surface area contributed by atoms with Crippen LogP contribution >= 0.6 is 0 Å². The first-order valence-corrected chi connectivity index (χ1v) is 14.8. The molecule has 6 rings (SSSR count). The third-order valence-corrected chi connectivity index (χ3v) is 8.77. The summed E-state index contributed by atoms with van der Waals surface area (Å²) in [6.07, 6.45) is 5.70. The number of rotatable bonds is 8. The van der Waals surface area contributed by atoms with Crippen molar-refractivity contribution >= 4 is 11.4 Å². The molecule has 0 unspecified atom stereocenters. The number of benzene rings is 5. The summed E-state index contributed by atoms with van der Waals surface area (Å²) in [6, 6.07) is 41.2. The van der Waals surface area contributed by atoms with Gasteiger partial charge >= 0.3 is 0 Å². The van der Waals surface area contributed by atoms with E-state index in [4.69, 9.17) is 20.9 Å². The maximum Gasteiger partial charge on any atom is 0.127 e. The number of anilines is 2. The summed E-state index contributed by atoms with van der Waals surface area (Å²) < 4.78 is 12.2. The van der Waals surface area contributed by atoms with Crippen LogP contribution in [-0.2, 0) is 11.8 Å². The number of hydrogen-bond acceptors (Lipinski definition) is 4. The molecule has 1 saturated carbocycles. The van der Waals surface area contributed by atoms with E-state index >= 15 is 0 Å². The molecule has 0 bridgehead atoms. The van der Waals surface area contributed by atoms with E-state index in [1.54, 1.807) is 0 Å². The van der Waals surface area contributed by atoms with Crippen LogP contribution < -0.4 is 20.9 Å². The maximum absolute atomic E-state index is 6.11. The average molecular weight is 555 g/mol. The number of aryl methyl sites for hydroxylation is 1. The van der Waals surface area contributed by atoms with Crippen LogP contribution in [0.25, 0.3) is 0 Å². The predicted molar refractivity (Wildman–Crippen MR) is 172 cm³/mol. The van der Waals surface area contributed by atoms with Crippen LogP contribution in [0.5, 0.6) is 23.0 Å². The molecule has 1 aliphatic carbocycles. The minimum Gasteiger partial charge on any atom is -0.457 e. The van der Waals surface area contributed by atoms with Crippen molar-refractivity contribution in [3.63, 3.8) is 0 Å². The summed E-state index contributed by atoms with van der Waals surface area (Å²) in [5, 5.41) is 0. The number of nitrogens with two attached hydrogens (primary N) is 2. The standard InChI is InChI=1S/C38H38N2O2/c1-27-4-2-3-5-29(27)26-28-22-24-38(25-23-28,30-6-14-34(15-7-30)41-36-18-10-32(39)11-19-36)31-8-16-35(17-9-31)42-37-20-12-33(40)13-21-37/h2-21,28H,22-26,39-40H2,1H3. The zero-order valence-electron chi connectivity index (χ0n) is 24.1. The molecule has 4 nitrogen and oxygen atoms in total. The average Bonchev–Trinajstić information content (AvgIpc) is 3.02. The molecule has 4 heteroatoms. The molecule has 1 fully saturated rings. The fourth-order valence-corrected chi connectivity index (χ4v) is 6.30. The Labute approximate surface area is 248 Å². The van der Waals surface area contributed by atoms with Gasteiger partial charge in [0.15, 0.2) is 0 Å². The van der Waals surface area contributed by atoms with Gasteiger partial charge in [0.05, 0.1) is 0 Å². The third-order valence-electron chi connectivity index (χ3n) is 8.77. The van der Waals surface area contributed by atoms with Crippen LogP contribution in [0.4, 0.5) is 11.4 Å². The highest BCUT2D eigenvalue weighted by molar-refractivity contribution is 5.47. The van der Waals surface area contributed by atoms with Crippen molar-refractivity contribution in [3.8, 4) is 23.0 Å². The Morgan fingerprint density at radius 1 is 0.571 bits per heavy atom. The van der Waals surface area contributed by atoms with Gasteiger partial charge in [0.1, 0.15) is 23.0 Å². The Kier molecular flexibility index (Phi) is 7.87. The molecule has 5 aromatic rings. The van der Waals surface area contributed by atoms with Gasteiger partial charge in [0.2, 0.25) is 0 Å². The monoisotopic (exact) mass is 554 g/mol. The van der Waals surface area contributed by atoms with Gasteiger partial charge in [0, 0.05) is 16.8 Å². The highest BCUT2D eigenvalue weighted by Crippen LogP contribution is 2.48. The van der Waals surface area contributed by atoms with Gasteiger partial charge in [-0.2, -0.15) is 0 Å². The molecule has 0 atom stereocenters. The fraction of sp³-hybridized carbons (Fsp3) is 0.211. The van der Waals surface area contributed by atoms with Gasteiger partial charge in [-0.3, -0.25) is 0 Å². The molecule has 0 radical (unpaired) electrons. The quantitative estimate of drug-likeness (QED) is 0.187. The van der Waals surface area contributed by atoms with Gasteiger partial charge in [0.25, 0.3) is 0 Å². The Balaban J connectivity index is 1.25. The predicted octanol–water partition coefficient (Wildman–Crippen LogP) is 9.46. The minimum absolute atomic E-state index is 0.0678. The lowest BCUT2D eigenvalue weighted by atomic mass is 9.62. The summed E-state index contributed by atoms with van der Waals surface area (Å²) in [5.41, 5.74) is 18.6. The van der Waals surface area contributed by atoms with E-state index in [1.807, 2.05) is 48.5 Å². The minimum atomic E-state index is -0.0678. The number of hydrogen-bond donors (Lipinski definition) is 2. The third kappa shape index (κ3) is 6.13. The van der Waals surface area contributed by atoms with Crippen molar-refractivity contribution in [2.45, 2.75) is 44.4 Å². The Hall–Kier alpha value is -4.70. The first kappa shape index (κ1) is 27.5. The highest BCUT2D eigenvalue weighted by atomic mass is 16.5. The Bertz CT molecular complexity index is 1510. The number of ether oxygens (including phenoxy) is 2. The normalized spacial score (nSPS) is 14.8. The first-order chi connectivity index (χ1) is 20.5. The summed E-state index contributed by atoms with van der Waals surface area (Å²) in [5.74, 6) is 3.87. The van der Waals surface area contributed by atoms with Crippen LogP contribution in [0.1, 0.15) is 47.9 Å². The van der Waals surface area contributed by atoms with E-state index in [0.29, 0.717) is 5.92 Å². The molecule has 212 valence electrons. The first-order valence-electron chi connectivity index (χ1n) is 14.8. The smallest absolute Gasteiger partial charge is 0.127 e. The molecular formula is C38H38N2O2. The fourth-order valence-electron chi connectivity index (χ4n) is 6.30. The lowest BCUT2D eigenvalue weighted by molar-refractivity contribution is 0.264. The molecule has 0 aromatic heterocycles. The van der Waals surface area contributed by atoms with Crippen LogP contribution in [0.2, 0.25) is 0 Å². The van der Waals surface area contributed by atoms with Crippen molar-refractivity contribution in [2.24, 2.45) is 5.92 Å². The van der Waals surface area contributed by atoms with Crippen molar-refractivity contribution in [3.05, 3.63) is 144 Å².